The summed E-state index contributed by atoms with van der Waals surface area (Å²) < 4.78 is 12.6. The topological polar surface area (TPSA) is 32.3 Å². The molecule has 1 aromatic rings. The summed E-state index contributed by atoms with van der Waals surface area (Å²) in [5.41, 5.74) is 0. The smallest absolute Gasteiger partial charge is 0.123 e. The van der Waals surface area contributed by atoms with Crippen molar-refractivity contribution in [3.63, 3.8) is 0 Å². The minimum Gasteiger partial charge on any atom is -0.391 e. The summed E-state index contributed by atoms with van der Waals surface area (Å²) in [7, 11) is 0. The minimum absolute atomic E-state index is 0.230. The van der Waals surface area contributed by atoms with Crippen molar-refractivity contribution in [2.24, 2.45) is 0 Å². The summed E-state index contributed by atoms with van der Waals surface area (Å²) in [6.07, 6.45) is -0.377. The van der Waals surface area contributed by atoms with Crippen LogP contribution in [-0.2, 0) is 0 Å². The zero-order chi connectivity index (χ0) is 12.0. The molecular formula is C12H18FNOS. The average molecular weight is 243 g/mol. The molecule has 0 aliphatic rings. The van der Waals surface area contributed by atoms with Gasteiger partial charge >= 0.3 is 0 Å². The Kier molecular flexibility index (Phi) is 5.80. The number of hydrogen-bond acceptors (Lipinski definition) is 3. The Bertz CT molecular complexity index is 302. The molecule has 0 fully saturated rings. The van der Waals surface area contributed by atoms with Gasteiger partial charge in [-0.05, 0) is 24.3 Å². The van der Waals surface area contributed by atoms with E-state index in [0.29, 0.717) is 18.3 Å². The number of nitrogens with one attached hydrogen (secondary N) is 1. The van der Waals surface area contributed by atoms with Crippen LogP contribution in [0.4, 0.5) is 4.39 Å². The van der Waals surface area contributed by atoms with Crippen LogP contribution in [0.25, 0.3) is 0 Å². The van der Waals surface area contributed by atoms with Crippen molar-refractivity contribution in [1.82, 2.24) is 5.32 Å². The van der Waals surface area contributed by atoms with Gasteiger partial charge in [0.2, 0.25) is 0 Å². The van der Waals surface area contributed by atoms with Crippen molar-refractivity contribution >= 4 is 11.8 Å². The van der Waals surface area contributed by atoms with E-state index in [1.165, 1.54) is 23.9 Å². The van der Waals surface area contributed by atoms with Crippen molar-refractivity contribution in [2.45, 2.75) is 30.9 Å². The lowest BCUT2D eigenvalue weighted by Gasteiger charge is -2.13. The van der Waals surface area contributed by atoms with E-state index in [-0.39, 0.29) is 11.9 Å². The molecule has 0 aromatic heterocycles. The molecule has 0 aliphatic carbocycles. The second kappa shape index (κ2) is 6.89. The van der Waals surface area contributed by atoms with Crippen LogP contribution >= 0.6 is 11.8 Å². The van der Waals surface area contributed by atoms with Crippen molar-refractivity contribution in [3.05, 3.63) is 30.1 Å². The molecule has 0 spiro atoms. The molecule has 16 heavy (non-hydrogen) atoms. The van der Waals surface area contributed by atoms with E-state index in [2.05, 4.69) is 5.32 Å². The van der Waals surface area contributed by atoms with Crippen LogP contribution in [0.5, 0.6) is 0 Å². The predicted octanol–water partition coefficient (Wildman–Crippen LogP) is 2.28. The zero-order valence-electron chi connectivity index (χ0n) is 9.61. The number of rotatable bonds is 6. The van der Waals surface area contributed by atoms with Crippen molar-refractivity contribution < 1.29 is 9.50 Å². The van der Waals surface area contributed by atoms with Crippen molar-refractivity contribution in [2.75, 3.05) is 12.3 Å². The fourth-order valence-electron chi connectivity index (χ4n) is 1.15. The summed E-state index contributed by atoms with van der Waals surface area (Å²) in [5, 5.41) is 12.8. The highest BCUT2D eigenvalue weighted by Crippen LogP contribution is 2.18. The van der Waals surface area contributed by atoms with Crippen LogP contribution in [0.3, 0.4) is 0 Å². The van der Waals surface area contributed by atoms with E-state index in [0.717, 1.165) is 4.90 Å². The normalized spacial score (nSPS) is 13.1. The van der Waals surface area contributed by atoms with Crippen LogP contribution in [0, 0.1) is 5.82 Å². The van der Waals surface area contributed by atoms with Crippen molar-refractivity contribution in [3.8, 4) is 0 Å². The van der Waals surface area contributed by atoms with Crippen LogP contribution in [0.15, 0.2) is 29.2 Å². The molecule has 1 aromatic carbocycles. The number of benzene rings is 1. The summed E-state index contributed by atoms with van der Waals surface area (Å²) in [5.74, 6) is 0.386. The molecule has 1 unspecified atom stereocenters. The van der Waals surface area contributed by atoms with Crippen LogP contribution in [0.2, 0.25) is 0 Å². The van der Waals surface area contributed by atoms with Crippen LogP contribution < -0.4 is 5.32 Å². The predicted molar refractivity (Wildman–Crippen MR) is 66.3 cm³/mol. The lowest BCUT2D eigenvalue weighted by atomic mass is 10.3. The third-order valence-corrected chi connectivity index (χ3v) is 3.17. The first kappa shape index (κ1) is 13.5. The summed E-state index contributed by atoms with van der Waals surface area (Å²) in [6.45, 7) is 4.67. The third-order valence-electron chi connectivity index (χ3n) is 2.02. The Morgan fingerprint density at radius 1 is 1.31 bits per heavy atom. The first-order valence-corrected chi connectivity index (χ1v) is 6.36. The van der Waals surface area contributed by atoms with Crippen molar-refractivity contribution in [1.29, 1.82) is 0 Å². The molecule has 90 valence electrons. The quantitative estimate of drug-likeness (QED) is 0.752. The average Bonchev–Trinajstić information content (AvgIpc) is 2.25. The van der Waals surface area contributed by atoms with Gasteiger partial charge < -0.3 is 10.4 Å². The standard InChI is InChI=1S/C12H18FNOS/c1-9(2)14-7-11(15)8-16-12-5-3-10(13)4-6-12/h3-6,9,11,14-15H,7-8H2,1-2H3. The summed E-state index contributed by atoms with van der Waals surface area (Å²) in [4.78, 5) is 0.977. The Hall–Kier alpha value is -0.580. The second-order valence-corrected chi connectivity index (χ2v) is 5.08. The van der Waals surface area contributed by atoms with Gasteiger partial charge in [-0.2, -0.15) is 0 Å². The molecule has 2 N–H and O–H groups in total. The molecular weight excluding hydrogens is 225 g/mol. The van der Waals surface area contributed by atoms with Gasteiger partial charge in [-0.1, -0.05) is 13.8 Å². The van der Waals surface area contributed by atoms with E-state index >= 15 is 0 Å². The molecule has 1 atom stereocenters. The molecule has 0 saturated heterocycles. The maximum Gasteiger partial charge on any atom is 0.123 e. The summed E-state index contributed by atoms with van der Waals surface area (Å²) >= 11 is 1.53. The van der Waals surface area contributed by atoms with E-state index in [4.69, 9.17) is 0 Å². The Morgan fingerprint density at radius 3 is 2.50 bits per heavy atom. The molecule has 0 bridgehead atoms. The Morgan fingerprint density at radius 2 is 1.94 bits per heavy atom. The largest absolute Gasteiger partial charge is 0.391 e. The molecule has 4 heteroatoms. The molecule has 0 radical (unpaired) electrons. The van der Waals surface area contributed by atoms with Gasteiger partial charge in [0, 0.05) is 23.2 Å². The lowest BCUT2D eigenvalue weighted by molar-refractivity contribution is 0.192. The fraction of sp³-hybridized carbons (Fsp3) is 0.500. The van der Waals surface area contributed by atoms with Gasteiger partial charge in [0.1, 0.15) is 5.82 Å². The minimum atomic E-state index is -0.377. The lowest BCUT2D eigenvalue weighted by Crippen LogP contribution is -2.33. The highest BCUT2D eigenvalue weighted by molar-refractivity contribution is 7.99. The van der Waals surface area contributed by atoms with E-state index < -0.39 is 0 Å². The van der Waals surface area contributed by atoms with Gasteiger partial charge in [-0.25, -0.2) is 4.39 Å². The van der Waals surface area contributed by atoms with E-state index in [1.807, 2.05) is 13.8 Å². The first-order valence-electron chi connectivity index (χ1n) is 5.37. The number of thioether (sulfide) groups is 1. The molecule has 0 amide bonds. The van der Waals surface area contributed by atoms with Gasteiger partial charge in [-0.15, -0.1) is 11.8 Å². The number of aliphatic hydroxyl groups excluding tert-OH is 1. The molecule has 0 heterocycles. The number of halogens is 1. The highest BCUT2D eigenvalue weighted by atomic mass is 32.2. The SMILES string of the molecule is CC(C)NCC(O)CSc1ccc(F)cc1. The van der Waals surface area contributed by atoms with Gasteiger partial charge in [-0.3, -0.25) is 0 Å². The fourth-order valence-corrected chi connectivity index (χ4v) is 1.99. The number of aliphatic hydroxyl groups is 1. The Balaban J connectivity index is 2.26. The third kappa shape index (κ3) is 5.49. The van der Waals surface area contributed by atoms with E-state index in [1.54, 1.807) is 12.1 Å². The van der Waals surface area contributed by atoms with Crippen LogP contribution in [-0.4, -0.2) is 29.5 Å². The van der Waals surface area contributed by atoms with Crippen LogP contribution in [0.1, 0.15) is 13.8 Å². The second-order valence-electron chi connectivity index (χ2n) is 3.98. The Labute approximate surface area is 100 Å². The molecule has 2 nitrogen and oxygen atoms in total. The summed E-state index contributed by atoms with van der Waals surface area (Å²) in [6, 6.07) is 6.69. The van der Waals surface area contributed by atoms with Gasteiger partial charge in [0.25, 0.3) is 0 Å². The van der Waals surface area contributed by atoms with E-state index in [9.17, 15) is 9.50 Å². The number of hydrogen-bond donors (Lipinski definition) is 2. The maximum absolute atomic E-state index is 12.6. The molecule has 0 aliphatic heterocycles. The van der Waals surface area contributed by atoms with Gasteiger partial charge in [0.05, 0.1) is 6.10 Å². The highest BCUT2D eigenvalue weighted by Gasteiger charge is 2.05. The van der Waals surface area contributed by atoms with Gasteiger partial charge in [0.15, 0.2) is 0 Å². The molecule has 1 rings (SSSR count). The first-order chi connectivity index (χ1) is 7.58. The maximum atomic E-state index is 12.6. The monoisotopic (exact) mass is 243 g/mol. The molecule has 0 saturated carbocycles. The zero-order valence-corrected chi connectivity index (χ0v) is 10.4.